The number of halogens is 1. The van der Waals surface area contributed by atoms with Gasteiger partial charge < -0.3 is 19.6 Å². The lowest BCUT2D eigenvalue weighted by Gasteiger charge is -2.34. The summed E-state index contributed by atoms with van der Waals surface area (Å²) in [6.45, 7) is 7.95. The fraction of sp³-hybridized carbons (Fsp3) is 0.520. The number of carbonyl (C=O) groups excluding carboxylic acids is 2. The van der Waals surface area contributed by atoms with Gasteiger partial charge in [-0.25, -0.2) is 0 Å². The molecule has 36 heavy (non-hydrogen) atoms. The molecular formula is C25H31ClN6O3S. The second-order valence-corrected chi connectivity index (χ2v) is 11.5. The van der Waals surface area contributed by atoms with Crippen LogP contribution < -0.4 is 5.32 Å². The minimum absolute atomic E-state index is 0.0933. The van der Waals surface area contributed by atoms with E-state index in [1.165, 1.54) is 11.3 Å². The fourth-order valence-electron chi connectivity index (χ4n) is 4.83. The molecule has 192 valence electrons. The summed E-state index contributed by atoms with van der Waals surface area (Å²) in [6, 6.07) is 7.70. The summed E-state index contributed by atoms with van der Waals surface area (Å²) < 4.78 is 7.73. The van der Waals surface area contributed by atoms with Crippen LogP contribution in [0.5, 0.6) is 0 Å². The van der Waals surface area contributed by atoms with Gasteiger partial charge in [-0.15, -0.1) is 11.3 Å². The molecule has 2 amide bonds. The SMILES string of the molecule is CC(C)N1CCC(NC(=O)c2cc(C(=O)N3CCCC3)nn2Cc2cc(-c3ccc(Cl)s3)on2)CC1. The molecule has 11 heteroatoms. The van der Waals surface area contributed by atoms with Gasteiger partial charge in [0.15, 0.2) is 11.5 Å². The zero-order valence-electron chi connectivity index (χ0n) is 20.6. The lowest BCUT2D eigenvalue weighted by Crippen LogP contribution is -2.46. The third-order valence-corrected chi connectivity index (χ3v) is 8.15. The first kappa shape index (κ1) is 25.0. The fourth-order valence-corrected chi connectivity index (χ4v) is 5.82. The summed E-state index contributed by atoms with van der Waals surface area (Å²) in [5.41, 5.74) is 1.25. The number of nitrogens with one attached hydrogen (secondary N) is 1. The first-order chi connectivity index (χ1) is 17.4. The van der Waals surface area contributed by atoms with Gasteiger partial charge >= 0.3 is 0 Å². The predicted molar refractivity (Wildman–Crippen MR) is 138 cm³/mol. The van der Waals surface area contributed by atoms with Crippen LogP contribution in [0.4, 0.5) is 0 Å². The number of rotatable bonds is 7. The molecule has 2 aliphatic rings. The minimum Gasteiger partial charge on any atom is -0.355 e. The number of thiophene rings is 1. The Bertz CT molecular complexity index is 1220. The van der Waals surface area contributed by atoms with Gasteiger partial charge in [0.05, 0.1) is 15.8 Å². The van der Waals surface area contributed by atoms with Crippen LogP contribution in [0.25, 0.3) is 10.6 Å². The molecule has 0 unspecified atom stereocenters. The van der Waals surface area contributed by atoms with Gasteiger partial charge in [-0.05, 0) is 51.7 Å². The highest BCUT2D eigenvalue weighted by Gasteiger charge is 2.28. The van der Waals surface area contributed by atoms with Crippen molar-refractivity contribution in [1.82, 2.24) is 30.1 Å². The van der Waals surface area contributed by atoms with Crippen LogP contribution in [0.2, 0.25) is 4.34 Å². The zero-order valence-corrected chi connectivity index (χ0v) is 22.1. The molecule has 0 bridgehead atoms. The molecule has 0 atom stereocenters. The van der Waals surface area contributed by atoms with Crippen LogP contribution in [0, 0.1) is 0 Å². The molecule has 2 fully saturated rings. The normalized spacial score (nSPS) is 17.3. The van der Waals surface area contributed by atoms with Crippen LogP contribution in [0.3, 0.4) is 0 Å². The van der Waals surface area contributed by atoms with Gasteiger partial charge in [-0.3, -0.25) is 14.3 Å². The quantitative estimate of drug-likeness (QED) is 0.493. The van der Waals surface area contributed by atoms with Crippen LogP contribution in [-0.2, 0) is 6.54 Å². The third-order valence-electron chi connectivity index (χ3n) is 6.91. The van der Waals surface area contributed by atoms with Crippen molar-refractivity contribution >= 4 is 34.8 Å². The summed E-state index contributed by atoms with van der Waals surface area (Å²) in [5, 5.41) is 11.9. The Morgan fingerprint density at radius 1 is 1.17 bits per heavy atom. The second kappa shape index (κ2) is 10.7. The lowest BCUT2D eigenvalue weighted by atomic mass is 10.0. The van der Waals surface area contributed by atoms with Gasteiger partial charge in [0.1, 0.15) is 11.4 Å². The van der Waals surface area contributed by atoms with Crippen LogP contribution in [0.1, 0.15) is 66.2 Å². The number of aromatic nitrogens is 3. The Morgan fingerprint density at radius 3 is 2.58 bits per heavy atom. The van der Waals surface area contributed by atoms with Crippen molar-refractivity contribution in [2.75, 3.05) is 26.2 Å². The topological polar surface area (TPSA) is 96.5 Å². The maximum Gasteiger partial charge on any atom is 0.274 e. The molecule has 9 nitrogen and oxygen atoms in total. The van der Waals surface area contributed by atoms with Crippen LogP contribution >= 0.6 is 22.9 Å². The van der Waals surface area contributed by atoms with Gasteiger partial charge in [0, 0.05) is 50.4 Å². The average Bonchev–Trinajstić information content (AvgIpc) is 3.66. The number of amides is 2. The Labute approximate surface area is 219 Å². The predicted octanol–water partition coefficient (Wildman–Crippen LogP) is 4.14. The van der Waals surface area contributed by atoms with E-state index in [9.17, 15) is 9.59 Å². The number of carbonyl (C=O) groups is 2. The Balaban J connectivity index is 1.35. The third kappa shape index (κ3) is 5.50. The van der Waals surface area contributed by atoms with Crippen LogP contribution in [0.15, 0.2) is 28.8 Å². The maximum atomic E-state index is 13.4. The number of nitrogens with zero attached hydrogens (tertiary/aromatic N) is 5. The Morgan fingerprint density at radius 2 is 1.92 bits per heavy atom. The number of hydrogen-bond acceptors (Lipinski definition) is 7. The van der Waals surface area contributed by atoms with E-state index in [2.05, 4.69) is 34.3 Å². The molecule has 2 aliphatic heterocycles. The second-order valence-electron chi connectivity index (χ2n) is 9.74. The molecule has 3 aromatic rings. The summed E-state index contributed by atoms with van der Waals surface area (Å²) in [5.74, 6) is 0.240. The van der Waals surface area contributed by atoms with E-state index in [4.69, 9.17) is 16.1 Å². The average molecular weight is 531 g/mol. The molecule has 5 heterocycles. The monoisotopic (exact) mass is 530 g/mol. The number of piperidine rings is 1. The Hall–Kier alpha value is -2.69. The highest BCUT2D eigenvalue weighted by molar-refractivity contribution is 7.19. The molecule has 3 aromatic heterocycles. The highest BCUT2D eigenvalue weighted by Crippen LogP contribution is 2.31. The van der Waals surface area contributed by atoms with Gasteiger partial charge in [-0.2, -0.15) is 5.10 Å². The van der Waals surface area contributed by atoms with E-state index in [-0.39, 0.29) is 30.1 Å². The van der Waals surface area contributed by atoms with Crippen LogP contribution in [-0.4, -0.2) is 74.8 Å². The van der Waals surface area contributed by atoms with Crippen molar-refractivity contribution in [2.24, 2.45) is 0 Å². The molecule has 0 spiro atoms. The van der Waals surface area contributed by atoms with Crippen molar-refractivity contribution in [3.8, 4) is 10.6 Å². The largest absolute Gasteiger partial charge is 0.355 e. The summed E-state index contributed by atoms with van der Waals surface area (Å²) >= 11 is 7.45. The van der Waals surface area contributed by atoms with Crippen molar-refractivity contribution in [3.05, 3.63) is 45.7 Å². The van der Waals surface area contributed by atoms with E-state index in [1.807, 2.05) is 18.2 Å². The highest BCUT2D eigenvalue weighted by atomic mass is 35.5. The van der Waals surface area contributed by atoms with E-state index in [0.717, 1.165) is 56.7 Å². The molecule has 1 N–H and O–H groups in total. The molecule has 2 saturated heterocycles. The standard InChI is InChI=1S/C25H31ClN6O3S/c1-16(2)30-11-7-17(8-12-30)27-24(33)20-14-19(25(34)31-9-3-4-10-31)28-32(20)15-18-13-21(35-29-18)22-5-6-23(26)36-22/h5-6,13-14,16-17H,3-4,7-12,15H2,1-2H3,(H,27,33). The van der Waals surface area contributed by atoms with Crippen molar-refractivity contribution in [3.63, 3.8) is 0 Å². The van der Waals surface area contributed by atoms with Gasteiger partial charge in [0.2, 0.25) is 0 Å². The van der Waals surface area contributed by atoms with Gasteiger partial charge in [0.25, 0.3) is 11.8 Å². The molecule has 0 aromatic carbocycles. The van der Waals surface area contributed by atoms with E-state index < -0.39 is 0 Å². The zero-order chi connectivity index (χ0) is 25.2. The maximum absolute atomic E-state index is 13.4. The van der Waals surface area contributed by atoms with E-state index >= 15 is 0 Å². The molecular weight excluding hydrogens is 500 g/mol. The van der Waals surface area contributed by atoms with Crippen molar-refractivity contribution in [1.29, 1.82) is 0 Å². The lowest BCUT2D eigenvalue weighted by molar-refractivity contribution is 0.0785. The van der Waals surface area contributed by atoms with Crippen molar-refractivity contribution < 1.29 is 14.1 Å². The number of hydrogen-bond donors (Lipinski definition) is 1. The van der Waals surface area contributed by atoms with E-state index in [0.29, 0.717) is 27.5 Å². The molecule has 0 radical (unpaired) electrons. The van der Waals surface area contributed by atoms with Crippen molar-refractivity contribution in [2.45, 2.75) is 58.2 Å². The summed E-state index contributed by atoms with van der Waals surface area (Å²) in [7, 11) is 0. The first-order valence-electron chi connectivity index (χ1n) is 12.5. The summed E-state index contributed by atoms with van der Waals surface area (Å²) in [4.78, 5) is 31.5. The number of likely N-dealkylation sites (tertiary alicyclic amines) is 2. The first-order valence-corrected chi connectivity index (χ1v) is 13.7. The van der Waals surface area contributed by atoms with E-state index in [1.54, 1.807) is 15.6 Å². The minimum atomic E-state index is -0.222. The summed E-state index contributed by atoms with van der Waals surface area (Å²) in [6.07, 6.45) is 3.77. The molecule has 5 rings (SSSR count). The Kier molecular flexibility index (Phi) is 7.45. The smallest absolute Gasteiger partial charge is 0.274 e. The molecule has 0 saturated carbocycles. The molecule has 0 aliphatic carbocycles. The van der Waals surface area contributed by atoms with Gasteiger partial charge in [-0.1, -0.05) is 16.8 Å².